The van der Waals surface area contributed by atoms with Crippen molar-refractivity contribution in [2.45, 2.75) is 60.3 Å². The van der Waals surface area contributed by atoms with Gasteiger partial charge in [0.15, 0.2) is 0 Å². The van der Waals surface area contributed by atoms with Crippen LogP contribution in [-0.4, -0.2) is 26.8 Å². The molecule has 57 heavy (non-hydrogen) atoms. The molecule has 0 saturated carbocycles. The molecule has 0 amide bonds. The van der Waals surface area contributed by atoms with Crippen LogP contribution in [0.25, 0.3) is 28.2 Å². The Bertz CT molecular complexity index is 2600. The number of likely N-dealkylation sites (tertiary alicyclic amines) is 1. The number of aromatic nitrogens is 1. The van der Waals surface area contributed by atoms with Gasteiger partial charge in [0.05, 0.1) is 22.9 Å². The molecule has 12 rings (SSSR count). The van der Waals surface area contributed by atoms with Gasteiger partial charge in [-0.25, -0.2) is 0 Å². The molecule has 3 aromatic carbocycles. The van der Waals surface area contributed by atoms with Crippen LogP contribution in [0.3, 0.4) is 0 Å². The van der Waals surface area contributed by atoms with Crippen LogP contribution in [0.5, 0.6) is 0 Å². The minimum atomic E-state index is 0.376. The van der Waals surface area contributed by atoms with E-state index in [9.17, 15) is 0 Å². The summed E-state index contributed by atoms with van der Waals surface area (Å²) in [4.78, 5) is 4.30. The highest BCUT2D eigenvalue weighted by molar-refractivity contribution is 8.00. The van der Waals surface area contributed by atoms with Crippen LogP contribution in [0.2, 0.25) is 0 Å². The Morgan fingerprint density at radius 3 is 2.42 bits per heavy atom. The van der Waals surface area contributed by atoms with Crippen molar-refractivity contribution in [2.75, 3.05) is 0 Å². The molecule has 9 unspecified atom stereocenters. The molecule has 2 nitrogen and oxygen atoms in total. The van der Waals surface area contributed by atoms with E-state index >= 15 is 0 Å². The van der Waals surface area contributed by atoms with Crippen LogP contribution in [0.15, 0.2) is 186 Å². The average Bonchev–Trinajstić information content (AvgIpc) is 3.94. The summed E-state index contributed by atoms with van der Waals surface area (Å²) in [7, 11) is 0. The SMILES string of the molecule is C1=CCC(C2C=C(c3ccccc3)C=C(N3C4CCC(C5C=Cc6c(c7ccccc7n6C6=CC=CC7c8ccccc8SC67)C5)C=C4C4C=CC=CC43)C2)C=C1. The lowest BCUT2D eigenvalue weighted by molar-refractivity contribution is 0.233. The summed E-state index contributed by atoms with van der Waals surface area (Å²) in [6, 6.07) is 30.1. The van der Waals surface area contributed by atoms with Gasteiger partial charge in [-0.15, -0.1) is 11.8 Å². The first-order chi connectivity index (χ1) is 28.3. The standard InChI is InChI=1S/C54H48N2S/c1-3-14-35(15-4-1)39-30-40(36-16-5-2-6-17-36)32-41(31-39)55-48-22-10-7-18-42(48)46-33-37(26-28-50(46)55)38-27-29-51-47(34-38)43-19-8-11-23-49(43)56(51)52-24-13-21-45-44-20-9-12-25-53(44)57-54(45)52/h1-16,18-25,27,29-31,33,36-38,40,42,45,48,50,54H,17,26,28,32,34H2. The maximum absolute atomic E-state index is 2.87. The fourth-order valence-electron chi connectivity index (χ4n) is 11.8. The van der Waals surface area contributed by atoms with Gasteiger partial charge in [-0.3, -0.25) is 0 Å². The molecule has 4 aromatic rings. The number of rotatable bonds is 5. The predicted octanol–water partition coefficient (Wildman–Crippen LogP) is 12.7. The molecular formula is C54H48N2S. The van der Waals surface area contributed by atoms with E-state index in [4.69, 9.17) is 0 Å². The molecule has 6 aliphatic carbocycles. The first kappa shape index (κ1) is 33.8. The highest BCUT2D eigenvalue weighted by Crippen LogP contribution is 2.54. The van der Waals surface area contributed by atoms with Crippen LogP contribution in [0.1, 0.15) is 54.0 Å². The van der Waals surface area contributed by atoms with Crippen molar-refractivity contribution in [3.05, 3.63) is 204 Å². The highest BCUT2D eigenvalue weighted by Gasteiger charge is 2.47. The van der Waals surface area contributed by atoms with Crippen molar-refractivity contribution >= 4 is 40.0 Å². The van der Waals surface area contributed by atoms with Crippen molar-refractivity contribution in [1.29, 1.82) is 0 Å². The minimum absolute atomic E-state index is 0.376. The second-order valence-corrected chi connectivity index (χ2v) is 18.5. The number of para-hydroxylation sites is 1. The van der Waals surface area contributed by atoms with E-state index in [2.05, 4.69) is 186 Å². The third-order valence-corrected chi connectivity index (χ3v) is 15.8. The lowest BCUT2D eigenvalue weighted by atomic mass is 9.73. The van der Waals surface area contributed by atoms with Gasteiger partial charge in [-0.05, 0) is 114 Å². The zero-order valence-electron chi connectivity index (χ0n) is 32.3. The van der Waals surface area contributed by atoms with Crippen LogP contribution in [0, 0.1) is 29.6 Å². The molecule has 0 bridgehead atoms. The van der Waals surface area contributed by atoms with E-state index in [-0.39, 0.29) is 0 Å². The van der Waals surface area contributed by atoms with Gasteiger partial charge in [0.25, 0.3) is 0 Å². The third kappa shape index (κ3) is 5.52. The molecule has 1 aromatic heterocycles. The van der Waals surface area contributed by atoms with E-state index in [1.54, 1.807) is 5.57 Å². The summed E-state index contributed by atoms with van der Waals surface area (Å²) in [5.74, 6) is 2.92. The summed E-state index contributed by atoms with van der Waals surface area (Å²) in [5, 5.41) is 1.81. The summed E-state index contributed by atoms with van der Waals surface area (Å²) >= 11 is 2.04. The molecule has 2 aliphatic heterocycles. The topological polar surface area (TPSA) is 8.17 Å². The van der Waals surface area contributed by atoms with Crippen LogP contribution >= 0.6 is 11.8 Å². The zero-order valence-corrected chi connectivity index (χ0v) is 33.1. The van der Waals surface area contributed by atoms with E-state index < -0.39 is 0 Å². The normalized spacial score (nSPS) is 31.6. The van der Waals surface area contributed by atoms with Crippen molar-refractivity contribution in [3.8, 4) is 0 Å². The van der Waals surface area contributed by atoms with Gasteiger partial charge in [-0.2, -0.15) is 0 Å². The number of nitrogens with zero attached hydrogens (tertiary/aromatic N) is 2. The van der Waals surface area contributed by atoms with Gasteiger partial charge in [0, 0.05) is 39.2 Å². The van der Waals surface area contributed by atoms with E-state index in [0.29, 0.717) is 52.8 Å². The Balaban J connectivity index is 0.872. The molecule has 0 radical (unpaired) electrons. The number of fused-ring (bicyclic) bond motifs is 9. The number of benzene rings is 3. The Kier molecular flexibility index (Phi) is 8.14. The molecule has 1 fully saturated rings. The molecule has 280 valence electrons. The molecule has 9 atom stereocenters. The monoisotopic (exact) mass is 756 g/mol. The van der Waals surface area contributed by atoms with Gasteiger partial charge < -0.3 is 9.47 Å². The lowest BCUT2D eigenvalue weighted by Crippen LogP contribution is -2.39. The summed E-state index contributed by atoms with van der Waals surface area (Å²) in [6.07, 6.45) is 44.8. The lowest BCUT2D eigenvalue weighted by Gasteiger charge is -2.40. The first-order valence-electron chi connectivity index (χ1n) is 21.4. The Morgan fingerprint density at radius 1 is 0.649 bits per heavy atom. The second kappa shape index (κ2) is 13.7. The Hall–Kier alpha value is -5.25. The van der Waals surface area contributed by atoms with Gasteiger partial charge in [-0.1, -0.05) is 146 Å². The molecule has 8 aliphatic rings. The van der Waals surface area contributed by atoms with Gasteiger partial charge in [0.2, 0.25) is 0 Å². The van der Waals surface area contributed by atoms with Crippen LogP contribution < -0.4 is 0 Å². The van der Waals surface area contributed by atoms with Crippen LogP contribution in [-0.2, 0) is 6.42 Å². The summed E-state index contributed by atoms with van der Waals surface area (Å²) in [6.45, 7) is 0. The van der Waals surface area contributed by atoms with E-state index in [0.717, 1.165) is 19.3 Å². The van der Waals surface area contributed by atoms with Crippen molar-refractivity contribution < 1.29 is 0 Å². The predicted molar refractivity (Wildman–Crippen MR) is 239 cm³/mol. The van der Waals surface area contributed by atoms with E-state index in [1.165, 1.54) is 68.0 Å². The minimum Gasteiger partial charge on any atom is -0.361 e. The summed E-state index contributed by atoms with van der Waals surface area (Å²) in [5.41, 5.74) is 13.1. The molecule has 3 heteroatoms. The molecule has 3 heterocycles. The second-order valence-electron chi connectivity index (χ2n) is 17.3. The third-order valence-electron chi connectivity index (χ3n) is 14.4. The van der Waals surface area contributed by atoms with Crippen LogP contribution in [0.4, 0.5) is 0 Å². The maximum Gasteiger partial charge on any atom is 0.0604 e. The molecule has 1 saturated heterocycles. The molecule has 0 spiro atoms. The number of hydrogen-bond donors (Lipinski definition) is 0. The fraction of sp³-hybridized carbons (Fsp3) is 0.259. The maximum atomic E-state index is 2.87. The highest BCUT2D eigenvalue weighted by atomic mass is 32.2. The number of hydrogen-bond acceptors (Lipinski definition) is 2. The first-order valence-corrected chi connectivity index (χ1v) is 22.3. The summed E-state index contributed by atoms with van der Waals surface area (Å²) < 4.78 is 2.62. The zero-order chi connectivity index (χ0) is 37.5. The molecule has 0 N–H and O–H groups in total. The smallest absolute Gasteiger partial charge is 0.0604 e. The number of thioether (sulfide) groups is 1. The van der Waals surface area contributed by atoms with Gasteiger partial charge in [0.1, 0.15) is 0 Å². The largest absolute Gasteiger partial charge is 0.361 e. The quantitative estimate of drug-likeness (QED) is 0.187. The molecular weight excluding hydrogens is 709 g/mol. The Morgan fingerprint density at radius 2 is 1.49 bits per heavy atom. The fourth-order valence-corrected chi connectivity index (χ4v) is 13.2. The Labute approximate surface area is 341 Å². The van der Waals surface area contributed by atoms with Crippen molar-refractivity contribution in [3.63, 3.8) is 0 Å². The number of allylic oxidation sites excluding steroid dienone is 15. The average molecular weight is 757 g/mol. The van der Waals surface area contributed by atoms with Gasteiger partial charge >= 0.3 is 0 Å². The van der Waals surface area contributed by atoms with Crippen molar-refractivity contribution in [2.24, 2.45) is 29.6 Å². The van der Waals surface area contributed by atoms with Crippen molar-refractivity contribution in [1.82, 2.24) is 9.47 Å². The van der Waals surface area contributed by atoms with E-state index in [1.807, 2.05) is 11.8 Å².